The van der Waals surface area contributed by atoms with Crippen molar-refractivity contribution in [2.45, 2.75) is 45.8 Å². The average molecular weight is 410 g/mol. The highest BCUT2D eigenvalue weighted by Crippen LogP contribution is 2.24. The van der Waals surface area contributed by atoms with Gasteiger partial charge in [0.1, 0.15) is 0 Å². The second-order valence-electron chi connectivity index (χ2n) is 8.03. The minimum Gasteiger partial charge on any atom is -0.341 e. The van der Waals surface area contributed by atoms with Gasteiger partial charge in [-0.1, -0.05) is 0 Å². The molecule has 0 aromatic carbocycles. The number of sulfonamides is 1. The molecule has 9 heteroatoms. The van der Waals surface area contributed by atoms with Crippen molar-refractivity contribution in [1.82, 2.24) is 19.2 Å². The van der Waals surface area contributed by atoms with Crippen LogP contribution in [-0.2, 0) is 14.8 Å². The van der Waals surface area contributed by atoms with Crippen molar-refractivity contribution < 1.29 is 13.2 Å². The number of rotatable bonds is 4. The van der Waals surface area contributed by atoms with Gasteiger partial charge in [0.15, 0.2) is 0 Å². The molecule has 2 saturated heterocycles. The highest BCUT2D eigenvalue weighted by Gasteiger charge is 2.34. The molecule has 3 rings (SSSR count). The fourth-order valence-corrected chi connectivity index (χ4v) is 5.16. The van der Waals surface area contributed by atoms with Crippen molar-refractivity contribution in [2.24, 2.45) is 5.92 Å². The van der Waals surface area contributed by atoms with Crippen LogP contribution in [0.1, 0.15) is 38.1 Å². The number of piperidine rings is 1. The van der Waals surface area contributed by atoms with E-state index in [-0.39, 0.29) is 11.8 Å². The van der Waals surface area contributed by atoms with E-state index in [1.165, 1.54) is 4.31 Å². The molecule has 0 unspecified atom stereocenters. The van der Waals surface area contributed by atoms with E-state index in [1.807, 2.05) is 24.8 Å². The van der Waals surface area contributed by atoms with Gasteiger partial charge in [-0.05, 0) is 46.6 Å². The third-order valence-electron chi connectivity index (χ3n) is 5.60. The number of hydrogen-bond donors (Lipinski definition) is 0. The van der Waals surface area contributed by atoms with Crippen LogP contribution in [-0.4, -0.2) is 78.0 Å². The molecular weight excluding hydrogens is 378 g/mol. The molecule has 2 fully saturated rings. The molecule has 0 N–H and O–H groups in total. The van der Waals surface area contributed by atoms with Gasteiger partial charge in [-0.3, -0.25) is 4.79 Å². The third kappa shape index (κ3) is 4.46. The molecule has 1 aromatic rings. The van der Waals surface area contributed by atoms with Gasteiger partial charge in [-0.25, -0.2) is 18.4 Å². The fraction of sp³-hybridized carbons (Fsp3) is 0.737. The quantitative estimate of drug-likeness (QED) is 0.743. The molecule has 0 bridgehead atoms. The Morgan fingerprint density at radius 1 is 1.00 bits per heavy atom. The Bertz CT molecular complexity index is 791. The maximum Gasteiger partial charge on any atom is 0.225 e. The Kier molecular flexibility index (Phi) is 6.24. The number of hydrogen-bond acceptors (Lipinski definition) is 6. The van der Waals surface area contributed by atoms with Gasteiger partial charge in [0.2, 0.25) is 21.9 Å². The Morgan fingerprint density at radius 3 is 2.04 bits per heavy atom. The van der Waals surface area contributed by atoms with Crippen molar-refractivity contribution in [1.29, 1.82) is 0 Å². The minimum atomic E-state index is -3.24. The van der Waals surface area contributed by atoms with Crippen LogP contribution in [0.3, 0.4) is 0 Å². The summed E-state index contributed by atoms with van der Waals surface area (Å²) in [6, 6.07) is 1.96. The van der Waals surface area contributed by atoms with Crippen LogP contribution in [0.25, 0.3) is 0 Å². The van der Waals surface area contributed by atoms with E-state index in [4.69, 9.17) is 0 Å². The van der Waals surface area contributed by atoms with E-state index in [2.05, 4.69) is 14.9 Å². The van der Waals surface area contributed by atoms with E-state index < -0.39 is 15.3 Å². The SMILES string of the molecule is Cc1cc(C)nc(N2CCC(C(=O)N3CCN(S(=O)(=O)C(C)C)CC3)CC2)n1. The van der Waals surface area contributed by atoms with Crippen LogP contribution >= 0.6 is 0 Å². The third-order valence-corrected chi connectivity index (χ3v) is 7.88. The lowest BCUT2D eigenvalue weighted by Gasteiger charge is -2.38. The number of piperazine rings is 1. The summed E-state index contributed by atoms with van der Waals surface area (Å²) in [7, 11) is -3.24. The molecule has 0 atom stereocenters. The molecule has 0 spiro atoms. The van der Waals surface area contributed by atoms with Crippen LogP contribution in [0.5, 0.6) is 0 Å². The predicted octanol–water partition coefficient (Wildman–Crippen LogP) is 1.19. The molecule has 0 saturated carbocycles. The number of aromatic nitrogens is 2. The van der Waals surface area contributed by atoms with E-state index >= 15 is 0 Å². The van der Waals surface area contributed by atoms with Gasteiger partial charge in [0.05, 0.1) is 5.25 Å². The van der Waals surface area contributed by atoms with Crippen LogP contribution < -0.4 is 4.90 Å². The Balaban J connectivity index is 1.53. The normalized spacial score (nSPS) is 20.0. The van der Waals surface area contributed by atoms with Gasteiger partial charge < -0.3 is 9.80 Å². The first-order valence-electron chi connectivity index (χ1n) is 10.0. The summed E-state index contributed by atoms with van der Waals surface area (Å²) < 4.78 is 26.1. The molecular formula is C19H31N5O3S. The zero-order valence-electron chi connectivity index (χ0n) is 17.3. The first kappa shape index (κ1) is 21.0. The fourth-order valence-electron chi connectivity index (χ4n) is 3.89. The topological polar surface area (TPSA) is 86.7 Å². The summed E-state index contributed by atoms with van der Waals surface area (Å²) in [5, 5.41) is -0.424. The minimum absolute atomic E-state index is 0.00425. The average Bonchev–Trinajstić information content (AvgIpc) is 2.67. The van der Waals surface area contributed by atoms with Crippen molar-refractivity contribution in [2.75, 3.05) is 44.2 Å². The second kappa shape index (κ2) is 8.32. The van der Waals surface area contributed by atoms with Crippen LogP contribution in [0.2, 0.25) is 0 Å². The molecule has 2 aliphatic heterocycles. The molecule has 3 heterocycles. The zero-order chi connectivity index (χ0) is 20.5. The van der Waals surface area contributed by atoms with E-state index in [9.17, 15) is 13.2 Å². The molecule has 0 radical (unpaired) electrons. The highest BCUT2D eigenvalue weighted by atomic mass is 32.2. The van der Waals surface area contributed by atoms with Gasteiger partial charge in [0, 0.05) is 56.6 Å². The van der Waals surface area contributed by atoms with E-state index in [0.29, 0.717) is 26.2 Å². The van der Waals surface area contributed by atoms with Crippen molar-refractivity contribution in [3.05, 3.63) is 17.5 Å². The van der Waals surface area contributed by atoms with Gasteiger partial charge in [0.25, 0.3) is 0 Å². The molecule has 0 aliphatic carbocycles. The van der Waals surface area contributed by atoms with Crippen LogP contribution in [0.15, 0.2) is 6.07 Å². The lowest BCUT2D eigenvalue weighted by atomic mass is 9.95. The van der Waals surface area contributed by atoms with E-state index in [0.717, 1.165) is 43.3 Å². The lowest BCUT2D eigenvalue weighted by molar-refractivity contribution is -0.137. The highest BCUT2D eigenvalue weighted by molar-refractivity contribution is 7.89. The Labute approximate surface area is 168 Å². The monoisotopic (exact) mass is 409 g/mol. The van der Waals surface area contributed by atoms with Crippen molar-refractivity contribution in [3.8, 4) is 0 Å². The summed E-state index contributed by atoms with van der Waals surface area (Å²) in [5.41, 5.74) is 1.91. The second-order valence-corrected chi connectivity index (χ2v) is 10.5. The molecule has 8 nitrogen and oxygen atoms in total. The number of aryl methyl sites for hydroxylation is 2. The largest absolute Gasteiger partial charge is 0.341 e. The molecule has 28 heavy (non-hydrogen) atoms. The first-order chi connectivity index (χ1) is 13.2. The van der Waals surface area contributed by atoms with Gasteiger partial charge in [-0.2, -0.15) is 4.31 Å². The van der Waals surface area contributed by atoms with Crippen molar-refractivity contribution >= 4 is 21.9 Å². The smallest absolute Gasteiger partial charge is 0.225 e. The summed E-state index contributed by atoms with van der Waals surface area (Å²) in [5.74, 6) is 0.897. The summed E-state index contributed by atoms with van der Waals surface area (Å²) in [6.45, 7) is 10.6. The van der Waals surface area contributed by atoms with Gasteiger partial charge >= 0.3 is 0 Å². The number of nitrogens with zero attached hydrogens (tertiary/aromatic N) is 5. The number of carbonyl (C=O) groups is 1. The van der Waals surface area contributed by atoms with Crippen LogP contribution in [0.4, 0.5) is 5.95 Å². The maximum absolute atomic E-state index is 12.9. The lowest BCUT2D eigenvalue weighted by Crippen LogP contribution is -2.54. The summed E-state index contributed by atoms with van der Waals surface area (Å²) in [6.07, 6.45) is 1.55. The summed E-state index contributed by atoms with van der Waals surface area (Å²) in [4.78, 5) is 25.9. The number of carbonyl (C=O) groups excluding carboxylic acids is 1. The van der Waals surface area contributed by atoms with E-state index in [1.54, 1.807) is 13.8 Å². The van der Waals surface area contributed by atoms with Crippen LogP contribution in [0, 0.1) is 19.8 Å². The molecule has 1 amide bonds. The predicted molar refractivity (Wildman–Crippen MR) is 109 cm³/mol. The molecule has 2 aliphatic rings. The summed E-state index contributed by atoms with van der Waals surface area (Å²) >= 11 is 0. The molecule has 156 valence electrons. The number of amides is 1. The van der Waals surface area contributed by atoms with Crippen molar-refractivity contribution in [3.63, 3.8) is 0 Å². The van der Waals surface area contributed by atoms with Gasteiger partial charge in [-0.15, -0.1) is 0 Å². The first-order valence-corrected chi connectivity index (χ1v) is 11.5. The standard InChI is InChI=1S/C19H31N5O3S/c1-14(2)28(26,27)24-11-9-22(10-12-24)18(25)17-5-7-23(8-6-17)19-20-15(3)13-16(4)21-19/h13-14,17H,5-12H2,1-4H3. The maximum atomic E-state index is 12.9. The zero-order valence-corrected chi connectivity index (χ0v) is 18.1. The Hall–Kier alpha value is -1.74. The Morgan fingerprint density at radius 2 is 1.54 bits per heavy atom. The molecule has 1 aromatic heterocycles. The number of anilines is 1.